The number of aliphatic hydroxyl groups excluding tert-OH is 2. The number of anilines is 1. The minimum absolute atomic E-state index is 0. The molecule has 8 nitrogen and oxygen atoms in total. The van der Waals surface area contributed by atoms with Crippen LogP contribution in [0.15, 0.2) is 72.3 Å². The fraction of sp³-hybridized carbons (Fsp3) is 0.526. The first-order valence-corrected chi connectivity index (χ1v) is 16.3. The van der Waals surface area contributed by atoms with Crippen molar-refractivity contribution in [2.24, 2.45) is 22.7 Å². The molecular formula is C38H45F2NO7. The Bertz CT molecular complexity index is 1660. The fourth-order valence-corrected chi connectivity index (χ4v) is 9.53. The second kappa shape index (κ2) is 11.9. The molecule has 0 spiro atoms. The van der Waals surface area contributed by atoms with E-state index in [1.54, 1.807) is 31.2 Å². The largest absolute Gasteiger partial charge is 0.457 e. The van der Waals surface area contributed by atoms with Gasteiger partial charge in [0.1, 0.15) is 24.3 Å². The van der Waals surface area contributed by atoms with Crippen molar-refractivity contribution >= 4 is 17.3 Å². The van der Waals surface area contributed by atoms with Crippen molar-refractivity contribution in [1.29, 1.82) is 0 Å². The molecule has 1 aliphatic heterocycles. The second-order valence-corrected chi connectivity index (χ2v) is 14.5. The molecule has 2 aromatic carbocycles. The number of benzene rings is 2. The molecule has 4 aliphatic carbocycles. The molecule has 48 heavy (non-hydrogen) atoms. The van der Waals surface area contributed by atoms with Crippen molar-refractivity contribution in [3.8, 4) is 11.5 Å². The van der Waals surface area contributed by atoms with Gasteiger partial charge in [0, 0.05) is 40.1 Å². The summed E-state index contributed by atoms with van der Waals surface area (Å²) < 4.78 is 52.4. The summed E-state index contributed by atoms with van der Waals surface area (Å²) in [7, 11) is 0. The summed E-state index contributed by atoms with van der Waals surface area (Å²) in [5, 5.41) is 25.2. The number of alkyl halides is 2. The van der Waals surface area contributed by atoms with Crippen LogP contribution in [0.3, 0.4) is 0 Å². The highest BCUT2D eigenvalue weighted by atomic mass is 19.1. The summed E-state index contributed by atoms with van der Waals surface area (Å²) in [4.78, 5) is 25.9. The second-order valence-electron chi connectivity index (χ2n) is 14.5. The Morgan fingerprint density at radius 1 is 1.10 bits per heavy atom. The number of hydrogen-bond acceptors (Lipinski definition) is 8. The molecule has 2 aromatic rings. The standard InChI is InChI=1S/C37H41F2NO7.CH4/c1-20(2)40-22-6-5-7-25(14-22)45-24-10-8-21(9-11-24)33-46-32-17-26-27-16-29(38)28-15-23(42)12-13-34(28,3)36(27,39)30(43)18-35(26,4)37(32,47-33)31(44)19-41;/h5-15,20,26-27,29-30,32-33,40-41,43H,16-19H2,1-4H3;1H4/t26-,27-,29-,30-,32+,33-,34-,35-,36-,37+;/m0./s1. The van der Waals surface area contributed by atoms with Gasteiger partial charge in [-0.1, -0.05) is 38.6 Å². The van der Waals surface area contributed by atoms with Crippen LogP contribution in [0.5, 0.6) is 11.5 Å². The number of ether oxygens (including phenoxy) is 3. The van der Waals surface area contributed by atoms with Gasteiger partial charge < -0.3 is 29.7 Å². The predicted octanol–water partition coefficient (Wildman–Crippen LogP) is 6.58. The summed E-state index contributed by atoms with van der Waals surface area (Å²) >= 11 is 0. The number of Topliss-reactive ketones (excluding diaryl/α,β-unsaturated/α-hetero) is 1. The third-order valence-electron chi connectivity index (χ3n) is 11.6. The van der Waals surface area contributed by atoms with Gasteiger partial charge in [0.05, 0.1) is 12.2 Å². The lowest BCUT2D eigenvalue weighted by Crippen LogP contribution is -2.70. The Hall–Kier alpha value is -3.44. The van der Waals surface area contributed by atoms with Gasteiger partial charge in [0.25, 0.3) is 0 Å². The van der Waals surface area contributed by atoms with Gasteiger partial charge in [0.2, 0.25) is 0 Å². The van der Waals surface area contributed by atoms with E-state index in [1.165, 1.54) is 19.1 Å². The van der Waals surface area contributed by atoms with E-state index in [4.69, 9.17) is 14.2 Å². The number of allylic oxidation sites excluding steroid dienone is 4. The van der Waals surface area contributed by atoms with Crippen LogP contribution in [0.4, 0.5) is 14.5 Å². The molecule has 1 saturated heterocycles. The highest BCUT2D eigenvalue weighted by Crippen LogP contribution is 2.72. The third kappa shape index (κ3) is 4.74. The number of nitrogens with one attached hydrogen (secondary N) is 1. The van der Waals surface area contributed by atoms with E-state index in [1.807, 2.05) is 24.3 Å². The molecule has 0 bridgehead atoms. The molecule has 0 amide bonds. The lowest BCUT2D eigenvalue weighted by atomic mass is 9.44. The van der Waals surface area contributed by atoms with Gasteiger partial charge in [-0.2, -0.15) is 0 Å². The molecule has 0 radical (unpaired) electrons. The molecule has 0 aromatic heterocycles. The highest BCUT2D eigenvalue weighted by molar-refractivity contribution is 6.01. The number of aliphatic hydroxyl groups is 2. The number of ketones is 2. The number of carbonyl (C=O) groups is 2. The van der Waals surface area contributed by atoms with Gasteiger partial charge in [-0.15, -0.1) is 0 Å². The van der Waals surface area contributed by atoms with Gasteiger partial charge in [-0.05, 0) is 87.9 Å². The Kier molecular flexibility index (Phi) is 8.51. The van der Waals surface area contributed by atoms with Crippen LogP contribution in [0.25, 0.3) is 0 Å². The normalized spacial score (nSPS) is 39.4. The average molecular weight is 666 g/mol. The molecule has 10 atom stereocenters. The number of carbonyl (C=O) groups excluding carboxylic acids is 2. The molecule has 0 unspecified atom stereocenters. The van der Waals surface area contributed by atoms with Crippen molar-refractivity contribution in [1.82, 2.24) is 0 Å². The van der Waals surface area contributed by atoms with Gasteiger partial charge >= 0.3 is 0 Å². The molecule has 5 aliphatic rings. The quantitative estimate of drug-likeness (QED) is 0.304. The maximum absolute atomic E-state index is 17.6. The summed E-state index contributed by atoms with van der Waals surface area (Å²) in [6.07, 6.45) is -1.55. The summed E-state index contributed by atoms with van der Waals surface area (Å²) in [5.74, 6) is -1.42. The molecular weight excluding hydrogens is 620 g/mol. The van der Waals surface area contributed by atoms with Crippen LogP contribution in [-0.4, -0.2) is 64.1 Å². The van der Waals surface area contributed by atoms with Crippen LogP contribution in [0, 0.1) is 22.7 Å². The molecule has 4 fully saturated rings. The van der Waals surface area contributed by atoms with E-state index in [9.17, 15) is 19.8 Å². The fourth-order valence-electron chi connectivity index (χ4n) is 9.53. The van der Waals surface area contributed by atoms with E-state index >= 15 is 8.78 Å². The predicted molar refractivity (Wildman–Crippen MR) is 176 cm³/mol. The summed E-state index contributed by atoms with van der Waals surface area (Å²) in [6.45, 7) is 6.57. The minimum Gasteiger partial charge on any atom is -0.457 e. The van der Waals surface area contributed by atoms with Gasteiger partial charge in [-0.25, -0.2) is 8.78 Å². The van der Waals surface area contributed by atoms with E-state index in [0.717, 1.165) is 11.8 Å². The van der Waals surface area contributed by atoms with Gasteiger partial charge in [0.15, 0.2) is 29.1 Å². The first-order valence-electron chi connectivity index (χ1n) is 16.3. The zero-order chi connectivity index (χ0) is 33.5. The average Bonchev–Trinajstić information content (AvgIpc) is 3.53. The van der Waals surface area contributed by atoms with Crippen molar-refractivity contribution in [2.75, 3.05) is 11.9 Å². The van der Waals surface area contributed by atoms with Crippen molar-refractivity contribution in [3.05, 3.63) is 77.9 Å². The smallest absolute Gasteiger partial charge is 0.193 e. The Labute approximate surface area is 280 Å². The lowest BCUT2D eigenvalue weighted by Gasteiger charge is -2.63. The number of hydrogen-bond donors (Lipinski definition) is 3. The maximum atomic E-state index is 17.6. The Morgan fingerprint density at radius 3 is 2.52 bits per heavy atom. The zero-order valence-corrected chi connectivity index (χ0v) is 26.9. The van der Waals surface area contributed by atoms with E-state index in [2.05, 4.69) is 19.2 Å². The van der Waals surface area contributed by atoms with Crippen LogP contribution >= 0.6 is 0 Å². The molecule has 10 heteroatoms. The van der Waals surface area contributed by atoms with E-state index < -0.39 is 76.8 Å². The van der Waals surface area contributed by atoms with Crippen LogP contribution in [-0.2, 0) is 19.1 Å². The molecule has 1 heterocycles. The number of rotatable bonds is 7. The zero-order valence-electron chi connectivity index (χ0n) is 26.9. The SMILES string of the molecule is C.CC(C)Nc1cccc(Oc2ccc([C@H]3O[C@@H]4C[C@H]5[C@@H]6C[C@H](F)C7=CC(=O)C=C[C@]7(C)[C@@]6(F)[C@@H](O)C[C@]5(C)[C@]4(C(=O)CO)O3)cc2)c1. The highest BCUT2D eigenvalue weighted by Gasteiger charge is 2.80. The monoisotopic (exact) mass is 665 g/mol. The molecule has 3 saturated carbocycles. The molecule has 3 N–H and O–H groups in total. The first kappa shape index (κ1) is 34.4. The minimum atomic E-state index is -2.30. The molecule has 258 valence electrons. The summed E-state index contributed by atoms with van der Waals surface area (Å²) in [6, 6.07) is 15.0. The van der Waals surface area contributed by atoms with E-state index in [0.29, 0.717) is 17.1 Å². The summed E-state index contributed by atoms with van der Waals surface area (Å²) in [5.41, 5.74) is -5.14. The third-order valence-corrected chi connectivity index (χ3v) is 11.6. The lowest BCUT2D eigenvalue weighted by molar-refractivity contribution is -0.235. The first-order chi connectivity index (χ1) is 22.3. The van der Waals surface area contributed by atoms with Crippen LogP contribution in [0.1, 0.15) is 66.2 Å². The molecule has 7 rings (SSSR count). The maximum Gasteiger partial charge on any atom is 0.193 e. The number of fused-ring (bicyclic) bond motifs is 7. The number of halogens is 2. The van der Waals surface area contributed by atoms with Crippen molar-refractivity contribution < 1.29 is 42.8 Å². The van der Waals surface area contributed by atoms with E-state index in [-0.39, 0.29) is 38.3 Å². The van der Waals surface area contributed by atoms with Crippen molar-refractivity contribution in [3.63, 3.8) is 0 Å². The Morgan fingerprint density at radius 2 is 1.83 bits per heavy atom. The van der Waals surface area contributed by atoms with Crippen LogP contribution in [0.2, 0.25) is 0 Å². The van der Waals surface area contributed by atoms with Gasteiger partial charge in [-0.3, -0.25) is 9.59 Å². The van der Waals surface area contributed by atoms with Crippen LogP contribution < -0.4 is 10.1 Å². The topological polar surface area (TPSA) is 114 Å². The van der Waals surface area contributed by atoms with Crippen molar-refractivity contribution in [2.45, 2.75) is 96.4 Å². The Balaban J connectivity index is 0.00000401.